The van der Waals surface area contributed by atoms with E-state index in [1.165, 1.54) is 12.1 Å². The number of anilines is 2. The molecule has 0 aliphatic rings. The highest BCUT2D eigenvalue weighted by Crippen LogP contribution is 2.33. The fraction of sp³-hybridized carbons (Fsp3) is 0.219. The summed E-state index contributed by atoms with van der Waals surface area (Å²) >= 11 is 6.19. The van der Waals surface area contributed by atoms with Crippen molar-refractivity contribution in [3.05, 3.63) is 112 Å². The number of esters is 1. The molecule has 4 aromatic rings. The minimum Gasteiger partial charge on any atom is -0.480 e. The molecule has 232 valence electrons. The third-order valence-electron chi connectivity index (χ3n) is 6.40. The number of halogens is 3. The van der Waals surface area contributed by atoms with Crippen LogP contribution < -0.4 is 19.1 Å². The summed E-state index contributed by atoms with van der Waals surface area (Å²) in [6.07, 6.45) is 1.07. The molecule has 0 bridgehead atoms. The first-order valence-corrected chi connectivity index (χ1v) is 15.8. The van der Waals surface area contributed by atoms with Crippen LogP contribution in [-0.2, 0) is 32.6 Å². The lowest BCUT2D eigenvalue weighted by atomic mass is 10.1. The molecule has 0 aliphatic carbocycles. The van der Waals surface area contributed by atoms with Crippen molar-refractivity contribution in [2.75, 3.05) is 29.1 Å². The third-order valence-corrected chi connectivity index (χ3v) is 7.31. The first-order chi connectivity index (χ1) is 20.9. The molecular formula is C32H31ClF2N2O6S. The average Bonchev–Trinajstić information content (AvgIpc) is 2.96. The van der Waals surface area contributed by atoms with Gasteiger partial charge in [-0.25, -0.2) is 22.0 Å². The molecule has 0 amide bonds. The van der Waals surface area contributed by atoms with Crippen LogP contribution in [0.15, 0.2) is 78.9 Å². The number of hydrogen-bond donors (Lipinski definition) is 1. The van der Waals surface area contributed by atoms with Crippen molar-refractivity contribution in [3.8, 4) is 17.2 Å². The zero-order valence-electron chi connectivity index (χ0n) is 24.3. The van der Waals surface area contributed by atoms with Crippen LogP contribution in [0.5, 0.6) is 17.2 Å². The maximum Gasteiger partial charge on any atom is 0.344 e. The van der Waals surface area contributed by atoms with Gasteiger partial charge in [0.05, 0.1) is 23.6 Å². The maximum absolute atomic E-state index is 14.7. The van der Waals surface area contributed by atoms with Gasteiger partial charge in [-0.15, -0.1) is 0 Å². The summed E-state index contributed by atoms with van der Waals surface area (Å²) < 4.78 is 70.9. The number of carbonyl (C=O) groups is 1. The Bertz CT molecular complexity index is 1740. The van der Waals surface area contributed by atoms with Crippen LogP contribution in [0, 0.1) is 18.6 Å². The quantitative estimate of drug-likeness (QED) is 0.153. The molecule has 0 aliphatic heterocycles. The molecule has 0 unspecified atom stereocenters. The molecule has 0 radical (unpaired) electrons. The molecule has 8 nitrogen and oxygen atoms in total. The highest BCUT2D eigenvalue weighted by molar-refractivity contribution is 7.92. The van der Waals surface area contributed by atoms with Gasteiger partial charge in [-0.2, -0.15) is 0 Å². The maximum atomic E-state index is 14.7. The molecule has 0 atom stereocenters. The Hall–Kier alpha value is -4.35. The topological polar surface area (TPSA) is 94.2 Å². The zero-order valence-corrected chi connectivity index (χ0v) is 25.8. The summed E-state index contributed by atoms with van der Waals surface area (Å²) in [7, 11) is -3.54. The fourth-order valence-corrected chi connectivity index (χ4v) is 5.17. The number of nitrogens with one attached hydrogen (secondary N) is 1. The van der Waals surface area contributed by atoms with Gasteiger partial charge in [0.25, 0.3) is 0 Å². The number of benzene rings is 4. The number of ether oxygens (including phenoxy) is 3. The zero-order chi connectivity index (χ0) is 31.9. The van der Waals surface area contributed by atoms with Gasteiger partial charge >= 0.3 is 5.97 Å². The van der Waals surface area contributed by atoms with Crippen molar-refractivity contribution < 1.29 is 36.2 Å². The molecule has 0 spiro atoms. The Balaban J connectivity index is 1.56. The van der Waals surface area contributed by atoms with Crippen LogP contribution in [0.1, 0.15) is 23.6 Å². The van der Waals surface area contributed by atoms with E-state index in [-0.39, 0.29) is 31.1 Å². The third kappa shape index (κ3) is 9.08. The summed E-state index contributed by atoms with van der Waals surface area (Å²) in [6.45, 7) is 3.81. The van der Waals surface area contributed by atoms with E-state index in [1.54, 1.807) is 56.3 Å². The van der Waals surface area contributed by atoms with Crippen molar-refractivity contribution in [2.45, 2.75) is 26.9 Å². The van der Waals surface area contributed by atoms with Crippen LogP contribution in [0.2, 0.25) is 5.02 Å². The van der Waals surface area contributed by atoms with Crippen LogP contribution in [-0.4, -0.2) is 33.9 Å². The van der Waals surface area contributed by atoms with Crippen molar-refractivity contribution in [2.24, 2.45) is 0 Å². The second-order valence-electron chi connectivity index (χ2n) is 9.85. The molecule has 0 saturated heterocycles. The van der Waals surface area contributed by atoms with E-state index in [0.29, 0.717) is 40.0 Å². The van der Waals surface area contributed by atoms with Gasteiger partial charge in [-0.05, 0) is 67.4 Å². The summed E-state index contributed by atoms with van der Waals surface area (Å²) in [5.41, 5.74) is 2.82. The summed E-state index contributed by atoms with van der Waals surface area (Å²) in [6, 6.07) is 20.6. The highest BCUT2D eigenvalue weighted by Gasteiger charge is 2.17. The minimum atomic E-state index is -3.54. The largest absolute Gasteiger partial charge is 0.480 e. The summed E-state index contributed by atoms with van der Waals surface area (Å²) in [5.74, 6) is -0.673. The number of sulfonamides is 1. The van der Waals surface area contributed by atoms with E-state index < -0.39 is 27.6 Å². The Kier molecular flexibility index (Phi) is 10.7. The van der Waals surface area contributed by atoms with Gasteiger partial charge in [0.2, 0.25) is 10.0 Å². The fourth-order valence-electron chi connectivity index (χ4n) is 4.37. The number of rotatable bonds is 13. The molecular weight excluding hydrogens is 614 g/mol. The second kappa shape index (κ2) is 14.4. The van der Waals surface area contributed by atoms with Crippen LogP contribution in [0.25, 0.3) is 0 Å². The van der Waals surface area contributed by atoms with Gasteiger partial charge in [0.1, 0.15) is 28.9 Å². The number of nitrogens with zero attached hydrogens (tertiary/aromatic N) is 1. The smallest absolute Gasteiger partial charge is 0.344 e. The van der Waals surface area contributed by atoms with E-state index in [1.807, 2.05) is 23.1 Å². The van der Waals surface area contributed by atoms with E-state index in [9.17, 15) is 22.0 Å². The Labute approximate surface area is 260 Å². The lowest BCUT2D eigenvalue weighted by Crippen LogP contribution is -2.24. The molecule has 0 saturated carbocycles. The number of carbonyl (C=O) groups excluding carboxylic acids is 1. The molecule has 44 heavy (non-hydrogen) atoms. The lowest BCUT2D eigenvalue weighted by molar-refractivity contribution is -0.145. The van der Waals surface area contributed by atoms with Crippen molar-refractivity contribution in [1.82, 2.24) is 0 Å². The average molecular weight is 645 g/mol. The van der Waals surface area contributed by atoms with E-state index in [0.717, 1.165) is 17.9 Å². The van der Waals surface area contributed by atoms with Gasteiger partial charge in [-0.3, -0.25) is 4.72 Å². The van der Waals surface area contributed by atoms with E-state index in [2.05, 4.69) is 4.72 Å². The Morgan fingerprint density at radius 3 is 2.36 bits per heavy atom. The molecule has 0 fully saturated rings. The standard InChI is InChI=1S/C32H31ClF2N2O6S/c1-4-41-32(38)20-42-31-17-26(14-15-27(31)33)43-25-12-8-22(9-13-25)18-37(19-23-10-11-24(34)16-28(23)35)30-7-5-6-29(21(30)2)36-44(3,39)40/h5-17,36H,4,18-20H2,1-3H3. The lowest BCUT2D eigenvalue weighted by Gasteiger charge is -2.28. The SMILES string of the molecule is CCOC(=O)COc1cc(Oc2ccc(CN(Cc3ccc(F)cc3F)c3cccc(NS(C)(=O)=O)c3C)cc2)ccc1Cl. The van der Waals surface area contributed by atoms with Crippen LogP contribution >= 0.6 is 11.6 Å². The molecule has 0 heterocycles. The number of hydrogen-bond acceptors (Lipinski definition) is 7. The van der Waals surface area contributed by atoms with Gasteiger partial charge in [0, 0.05) is 36.5 Å². The van der Waals surface area contributed by atoms with E-state index >= 15 is 0 Å². The Morgan fingerprint density at radius 1 is 0.955 bits per heavy atom. The first-order valence-electron chi connectivity index (χ1n) is 13.5. The molecule has 12 heteroatoms. The Morgan fingerprint density at radius 2 is 1.68 bits per heavy atom. The van der Waals surface area contributed by atoms with E-state index in [4.69, 9.17) is 25.8 Å². The summed E-state index contributed by atoms with van der Waals surface area (Å²) in [4.78, 5) is 13.5. The van der Waals surface area contributed by atoms with Crippen molar-refractivity contribution in [3.63, 3.8) is 0 Å². The minimum absolute atomic E-state index is 0.0902. The molecule has 4 aromatic carbocycles. The molecule has 4 rings (SSSR count). The van der Waals surface area contributed by atoms with Gasteiger partial charge in [-0.1, -0.05) is 35.9 Å². The van der Waals surface area contributed by atoms with Gasteiger partial charge < -0.3 is 19.1 Å². The van der Waals surface area contributed by atoms with Gasteiger partial charge in [0.15, 0.2) is 6.61 Å². The van der Waals surface area contributed by atoms with Crippen LogP contribution in [0.3, 0.4) is 0 Å². The first kappa shape index (κ1) is 32.6. The molecule has 1 N–H and O–H groups in total. The van der Waals surface area contributed by atoms with Crippen LogP contribution in [0.4, 0.5) is 20.2 Å². The van der Waals surface area contributed by atoms with Crippen molar-refractivity contribution in [1.29, 1.82) is 0 Å². The normalized spacial score (nSPS) is 11.1. The predicted molar refractivity (Wildman–Crippen MR) is 166 cm³/mol. The second-order valence-corrected chi connectivity index (χ2v) is 12.0. The highest BCUT2D eigenvalue weighted by atomic mass is 35.5. The summed E-state index contributed by atoms with van der Waals surface area (Å²) in [5, 5.41) is 0.306. The predicted octanol–water partition coefficient (Wildman–Crippen LogP) is 7.24. The monoisotopic (exact) mass is 644 g/mol. The molecule has 0 aromatic heterocycles. The van der Waals surface area contributed by atoms with Crippen molar-refractivity contribution >= 4 is 39.0 Å².